The summed E-state index contributed by atoms with van der Waals surface area (Å²) in [6.07, 6.45) is 4.12. The zero-order valence-electron chi connectivity index (χ0n) is 19.8. The highest BCUT2D eigenvalue weighted by molar-refractivity contribution is 6.30. The minimum Gasteiger partial charge on any atom is -0.439 e. The number of barbiturate groups is 1. The van der Waals surface area contributed by atoms with E-state index in [0.29, 0.717) is 53.4 Å². The summed E-state index contributed by atoms with van der Waals surface area (Å²) in [6.45, 7) is 0.472. The predicted molar refractivity (Wildman–Crippen MR) is 138 cm³/mol. The van der Waals surface area contributed by atoms with Crippen LogP contribution < -0.4 is 20.3 Å². The van der Waals surface area contributed by atoms with Crippen LogP contribution in [0, 0.1) is 0 Å². The molecule has 190 valence electrons. The number of hydrogen-bond acceptors (Lipinski definition) is 8. The SMILES string of the molecule is O=C1NC(=O)C2(CCCN2c2ccc(Oc3ccc(-c4cnc(-c5ccc(Cl)cc5)o4)cc3)nc2)C(=O)N1. The Kier molecular flexibility index (Phi) is 5.80. The van der Waals surface area contributed by atoms with Gasteiger partial charge in [-0.25, -0.2) is 14.8 Å². The Bertz CT molecular complexity index is 1510. The standard InChI is InChI=1S/C27H20ClN5O5/c28-18-6-2-17(3-7-18)23-30-15-21(38-23)16-4-9-20(10-5-16)37-22-11-8-19(14-29-22)33-13-1-12-27(33)24(34)31-26(36)32-25(27)35/h2-11,14-15H,1,12-13H2,(H2,31,32,34,35,36). The lowest BCUT2D eigenvalue weighted by Crippen LogP contribution is -2.71. The van der Waals surface area contributed by atoms with Gasteiger partial charge in [0.15, 0.2) is 11.3 Å². The van der Waals surface area contributed by atoms with Crippen molar-refractivity contribution in [3.63, 3.8) is 0 Å². The molecule has 0 bridgehead atoms. The van der Waals surface area contributed by atoms with E-state index in [1.54, 1.807) is 53.7 Å². The molecule has 2 N–H and O–H groups in total. The molecule has 2 aromatic carbocycles. The monoisotopic (exact) mass is 529 g/mol. The number of nitrogens with one attached hydrogen (secondary N) is 2. The Morgan fingerprint density at radius 3 is 2.26 bits per heavy atom. The highest BCUT2D eigenvalue weighted by Gasteiger charge is 2.57. The van der Waals surface area contributed by atoms with Gasteiger partial charge in [0.1, 0.15) is 5.75 Å². The number of oxazole rings is 1. The van der Waals surface area contributed by atoms with E-state index in [0.717, 1.165) is 11.1 Å². The van der Waals surface area contributed by atoms with Gasteiger partial charge in [-0.05, 0) is 67.4 Å². The molecule has 2 aromatic heterocycles. The molecule has 0 aliphatic carbocycles. The van der Waals surface area contributed by atoms with Crippen molar-refractivity contribution in [3.8, 4) is 34.4 Å². The third-order valence-corrected chi connectivity index (χ3v) is 6.83. The molecule has 0 saturated carbocycles. The van der Waals surface area contributed by atoms with Crippen LogP contribution in [0.15, 0.2) is 77.5 Å². The number of urea groups is 1. The fraction of sp³-hybridized carbons (Fsp3) is 0.148. The molecule has 10 nitrogen and oxygen atoms in total. The molecule has 6 rings (SSSR count). The summed E-state index contributed by atoms with van der Waals surface area (Å²) in [6, 6.07) is 17.1. The van der Waals surface area contributed by atoms with Gasteiger partial charge in [0.25, 0.3) is 11.8 Å². The normalized spacial score (nSPS) is 16.4. The predicted octanol–water partition coefficient (Wildman–Crippen LogP) is 4.55. The number of pyridine rings is 1. The highest BCUT2D eigenvalue weighted by Crippen LogP contribution is 2.36. The van der Waals surface area contributed by atoms with E-state index >= 15 is 0 Å². The van der Waals surface area contributed by atoms with E-state index in [-0.39, 0.29) is 0 Å². The van der Waals surface area contributed by atoms with Crippen LogP contribution in [0.1, 0.15) is 12.8 Å². The Morgan fingerprint density at radius 1 is 0.868 bits per heavy atom. The zero-order valence-corrected chi connectivity index (χ0v) is 20.6. The summed E-state index contributed by atoms with van der Waals surface area (Å²) in [4.78, 5) is 47.2. The maximum atomic E-state index is 12.7. The number of anilines is 1. The van der Waals surface area contributed by atoms with Gasteiger partial charge in [-0.3, -0.25) is 20.2 Å². The lowest BCUT2D eigenvalue weighted by molar-refractivity contribution is -0.137. The lowest BCUT2D eigenvalue weighted by Gasteiger charge is -2.38. The number of nitrogens with zero attached hydrogens (tertiary/aromatic N) is 3. The van der Waals surface area contributed by atoms with Crippen molar-refractivity contribution in [2.45, 2.75) is 18.4 Å². The Balaban J connectivity index is 1.15. The molecular weight excluding hydrogens is 510 g/mol. The minimum atomic E-state index is -1.47. The van der Waals surface area contributed by atoms with Gasteiger partial charge in [0.05, 0.1) is 18.1 Å². The van der Waals surface area contributed by atoms with E-state index in [1.165, 1.54) is 0 Å². The molecule has 38 heavy (non-hydrogen) atoms. The number of benzene rings is 2. The summed E-state index contributed by atoms with van der Waals surface area (Å²) < 4.78 is 11.8. The van der Waals surface area contributed by atoms with E-state index in [9.17, 15) is 14.4 Å². The van der Waals surface area contributed by atoms with Gasteiger partial charge in [-0.2, -0.15) is 0 Å². The fourth-order valence-electron chi connectivity index (χ4n) is 4.72. The highest BCUT2D eigenvalue weighted by atomic mass is 35.5. The molecule has 4 amide bonds. The van der Waals surface area contributed by atoms with Crippen LogP contribution in [0.5, 0.6) is 11.6 Å². The molecule has 4 heterocycles. The van der Waals surface area contributed by atoms with Crippen molar-refractivity contribution in [1.82, 2.24) is 20.6 Å². The number of halogens is 1. The van der Waals surface area contributed by atoms with Gasteiger partial charge in [0, 0.05) is 28.8 Å². The first-order chi connectivity index (χ1) is 18.4. The topological polar surface area (TPSA) is 127 Å². The number of rotatable bonds is 5. The number of imide groups is 2. The van der Waals surface area contributed by atoms with Gasteiger partial charge >= 0.3 is 6.03 Å². The second-order valence-corrected chi connectivity index (χ2v) is 9.31. The van der Waals surface area contributed by atoms with Gasteiger partial charge < -0.3 is 14.1 Å². The van der Waals surface area contributed by atoms with E-state index in [2.05, 4.69) is 20.6 Å². The number of carbonyl (C=O) groups is 3. The number of hydrogen-bond donors (Lipinski definition) is 2. The number of amides is 4. The van der Waals surface area contributed by atoms with Crippen LogP contribution in [-0.2, 0) is 9.59 Å². The van der Waals surface area contributed by atoms with Crippen molar-refractivity contribution in [2.75, 3.05) is 11.4 Å². The first-order valence-electron chi connectivity index (χ1n) is 11.8. The van der Waals surface area contributed by atoms with Crippen LogP contribution in [-0.4, -0.2) is 39.9 Å². The number of carbonyl (C=O) groups excluding carboxylic acids is 3. The molecule has 4 aromatic rings. The smallest absolute Gasteiger partial charge is 0.328 e. The molecule has 0 atom stereocenters. The van der Waals surface area contributed by atoms with Gasteiger partial charge in [-0.15, -0.1) is 0 Å². The van der Waals surface area contributed by atoms with Crippen LogP contribution in [0.25, 0.3) is 22.8 Å². The van der Waals surface area contributed by atoms with Crippen LogP contribution in [0.2, 0.25) is 5.02 Å². The lowest BCUT2D eigenvalue weighted by atomic mass is 9.92. The Hall–Kier alpha value is -4.70. The molecule has 2 aliphatic heterocycles. The minimum absolute atomic E-state index is 0.301. The number of ether oxygens (including phenoxy) is 1. The molecule has 2 fully saturated rings. The molecule has 2 saturated heterocycles. The average molecular weight is 530 g/mol. The van der Waals surface area contributed by atoms with Crippen molar-refractivity contribution >= 4 is 35.1 Å². The van der Waals surface area contributed by atoms with Crippen LogP contribution in [0.4, 0.5) is 10.5 Å². The van der Waals surface area contributed by atoms with E-state index < -0.39 is 23.4 Å². The summed E-state index contributed by atoms with van der Waals surface area (Å²) in [7, 11) is 0. The molecule has 2 aliphatic rings. The third kappa shape index (κ3) is 4.14. The second-order valence-electron chi connectivity index (χ2n) is 8.87. The summed E-state index contributed by atoms with van der Waals surface area (Å²) in [5.74, 6) is 0.755. The van der Waals surface area contributed by atoms with Gasteiger partial charge in [-0.1, -0.05) is 11.6 Å². The Labute approximate surface area is 221 Å². The van der Waals surface area contributed by atoms with Gasteiger partial charge in [0.2, 0.25) is 11.8 Å². The molecule has 0 unspecified atom stereocenters. The van der Waals surface area contributed by atoms with Crippen LogP contribution >= 0.6 is 11.6 Å². The van der Waals surface area contributed by atoms with Crippen molar-refractivity contribution in [1.29, 1.82) is 0 Å². The van der Waals surface area contributed by atoms with Crippen molar-refractivity contribution in [2.24, 2.45) is 0 Å². The maximum absolute atomic E-state index is 12.7. The van der Waals surface area contributed by atoms with Crippen molar-refractivity contribution < 1.29 is 23.5 Å². The summed E-state index contributed by atoms with van der Waals surface area (Å²) >= 11 is 5.95. The average Bonchev–Trinajstić information content (AvgIpc) is 3.58. The van der Waals surface area contributed by atoms with Crippen molar-refractivity contribution in [3.05, 3.63) is 78.1 Å². The molecule has 11 heteroatoms. The molecule has 1 spiro atoms. The third-order valence-electron chi connectivity index (χ3n) is 6.58. The Morgan fingerprint density at radius 2 is 1.58 bits per heavy atom. The number of aromatic nitrogens is 2. The summed E-state index contributed by atoms with van der Waals surface area (Å²) in [5, 5.41) is 5.04. The summed E-state index contributed by atoms with van der Waals surface area (Å²) in [5.41, 5.74) is 0.761. The van der Waals surface area contributed by atoms with E-state index in [1.807, 2.05) is 24.3 Å². The zero-order chi connectivity index (χ0) is 26.3. The molecular formula is C27H20ClN5O5. The van der Waals surface area contributed by atoms with Crippen LogP contribution in [0.3, 0.4) is 0 Å². The second kappa shape index (κ2) is 9.31. The first kappa shape index (κ1) is 23.7. The quantitative estimate of drug-likeness (QED) is 0.360. The first-order valence-corrected chi connectivity index (χ1v) is 12.2. The largest absolute Gasteiger partial charge is 0.439 e. The fourth-order valence-corrected chi connectivity index (χ4v) is 4.85. The maximum Gasteiger partial charge on any atom is 0.328 e. The van der Waals surface area contributed by atoms with E-state index in [4.69, 9.17) is 20.8 Å². The molecule has 0 radical (unpaired) electrons.